The Morgan fingerprint density at radius 3 is 2.00 bits per heavy atom. The molecule has 0 N–H and O–H groups in total. The third-order valence-electron chi connectivity index (χ3n) is 0.0546. The fourth-order valence-corrected chi connectivity index (χ4v) is 0. The van der Waals surface area contributed by atoms with E-state index in [-0.39, 0.29) is 0 Å². The van der Waals surface area contributed by atoms with Gasteiger partial charge in [-0.25, -0.2) is 0 Å². The number of hydrogen-bond donors (Lipinski definition) is 0. The van der Waals surface area contributed by atoms with Crippen molar-refractivity contribution in [1.82, 2.24) is 0 Å². The fourth-order valence-electron chi connectivity index (χ4n) is 0. The molecule has 3 unspecified atom stereocenters. The first-order chi connectivity index (χ1) is 1.91. The number of halogens is 1. The Hall–Kier alpha value is 1.77. The summed E-state index contributed by atoms with van der Waals surface area (Å²) in [4.78, 5) is 0. The monoisotopic (exact) mass is 176 g/mol. The minimum absolute atomic E-state index is 0.944. The van der Waals surface area contributed by atoms with Gasteiger partial charge in [-0.3, -0.25) is 0 Å². The molecule has 4 heteroatoms. The molecule has 0 radical (unpaired) electrons. The zero-order valence-corrected chi connectivity index (χ0v) is 6.70. The van der Waals surface area contributed by atoms with Crippen molar-refractivity contribution >= 4 is 39.3 Å². The molecule has 0 aliphatic carbocycles. The quantitative estimate of drug-likeness (QED) is 0.539. The van der Waals surface area contributed by atoms with Crippen LogP contribution in [-0.4, -0.2) is 0 Å². The molecule has 0 aliphatic rings. The summed E-state index contributed by atoms with van der Waals surface area (Å²) < 4.78 is 0. The SMILES string of the molecule is PPPBr. The van der Waals surface area contributed by atoms with E-state index in [1.807, 2.05) is 0 Å². The van der Waals surface area contributed by atoms with E-state index in [1.165, 1.54) is 0 Å². The molecule has 0 amide bonds. The van der Waals surface area contributed by atoms with Crippen molar-refractivity contribution in [3.05, 3.63) is 0 Å². The van der Waals surface area contributed by atoms with Crippen LogP contribution < -0.4 is 0 Å². The summed E-state index contributed by atoms with van der Waals surface area (Å²) in [5.74, 6) is 0. The first-order valence-corrected chi connectivity index (χ1v) is 7.79. The smallest absolute Gasteiger partial charge is 0.0243 e. The van der Waals surface area contributed by atoms with Crippen molar-refractivity contribution in [3.63, 3.8) is 0 Å². The first-order valence-electron chi connectivity index (χ1n) is 0.728. The van der Waals surface area contributed by atoms with Crippen LogP contribution in [0.25, 0.3) is 0 Å². The molecule has 0 saturated carbocycles. The van der Waals surface area contributed by atoms with Crippen LogP contribution in [-0.2, 0) is 0 Å². The van der Waals surface area contributed by atoms with Gasteiger partial charge in [-0.15, -0.1) is 8.93 Å². The molecule has 3 atom stereocenters. The minimum Gasteiger partial charge on any atom is -0.109 e. The maximum absolute atomic E-state index is 3.27. The maximum Gasteiger partial charge on any atom is -0.0243 e. The van der Waals surface area contributed by atoms with E-state index >= 15 is 0 Å². The summed E-state index contributed by atoms with van der Waals surface area (Å²) in [5.41, 5.74) is 0. The second-order valence-corrected chi connectivity index (χ2v) is 8.32. The van der Waals surface area contributed by atoms with Crippen molar-refractivity contribution in [1.29, 1.82) is 0 Å². The molecular weight excluding hydrogens is 173 g/mol. The Bertz CT molecular complexity index is 5.25. The third kappa shape index (κ3) is 3.77. The van der Waals surface area contributed by atoms with Crippen molar-refractivity contribution in [3.8, 4) is 0 Å². The molecular formula is H4BrP3. The molecule has 0 aromatic heterocycles. The summed E-state index contributed by atoms with van der Waals surface area (Å²) in [5, 5.41) is 0. The molecule has 0 fully saturated rings. The van der Waals surface area contributed by atoms with Crippen LogP contribution in [0.5, 0.6) is 0 Å². The van der Waals surface area contributed by atoms with Crippen LogP contribution in [0, 0.1) is 0 Å². The van der Waals surface area contributed by atoms with Gasteiger partial charge in [0.05, 0.1) is 0 Å². The van der Waals surface area contributed by atoms with Crippen LogP contribution in [0.15, 0.2) is 0 Å². The van der Waals surface area contributed by atoms with Gasteiger partial charge < -0.3 is 0 Å². The molecule has 0 heterocycles. The van der Waals surface area contributed by atoms with E-state index in [9.17, 15) is 0 Å². The van der Waals surface area contributed by atoms with Crippen molar-refractivity contribution in [2.45, 2.75) is 0 Å². The topological polar surface area (TPSA) is 0 Å². The fraction of sp³-hybridized carbons (Fsp3) is 0. The Morgan fingerprint density at radius 1 is 1.75 bits per heavy atom. The predicted molar refractivity (Wildman–Crippen MR) is 35.3 cm³/mol. The van der Waals surface area contributed by atoms with E-state index in [0.29, 0.717) is 0 Å². The standard InChI is InChI=1S/BrH4P3/c1-3-4-2/h3-4H,2H2. The molecule has 26 valence electrons. The van der Waals surface area contributed by atoms with E-state index < -0.39 is 0 Å². The largest absolute Gasteiger partial charge is 0.109 e. The van der Waals surface area contributed by atoms with E-state index in [0.717, 1.165) is 14.9 Å². The second kappa shape index (κ2) is 4.77. The lowest BCUT2D eigenvalue weighted by Gasteiger charge is -1.67. The summed E-state index contributed by atoms with van der Waals surface area (Å²) in [7, 11) is 3.65. The van der Waals surface area contributed by atoms with Crippen LogP contribution in [0.1, 0.15) is 0 Å². The van der Waals surface area contributed by atoms with Gasteiger partial charge in [0.1, 0.15) is 0 Å². The van der Waals surface area contributed by atoms with Crippen molar-refractivity contribution in [2.24, 2.45) is 0 Å². The lowest BCUT2D eigenvalue weighted by Crippen LogP contribution is -0.758. The summed E-state index contributed by atoms with van der Waals surface area (Å²) in [6.07, 6.45) is 0. The molecule has 4 heavy (non-hydrogen) atoms. The number of hydrogen-bond acceptors (Lipinski definition) is 0. The van der Waals surface area contributed by atoms with Crippen LogP contribution in [0.2, 0.25) is 0 Å². The van der Waals surface area contributed by atoms with Crippen molar-refractivity contribution in [2.75, 3.05) is 0 Å². The average Bonchev–Trinajstić information content (AvgIpc) is 1.37. The zero-order chi connectivity index (χ0) is 3.41. The Morgan fingerprint density at radius 2 is 2.00 bits per heavy atom. The van der Waals surface area contributed by atoms with Gasteiger partial charge in [-0.2, -0.15) is 0 Å². The van der Waals surface area contributed by atoms with Crippen LogP contribution >= 0.6 is 39.3 Å². The Labute approximate surface area is 39.8 Å². The van der Waals surface area contributed by atoms with Gasteiger partial charge in [0.2, 0.25) is 0 Å². The molecule has 0 rings (SSSR count). The number of rotatable bonds is 1. The van der Waals surface area contributed by atoms with Crippen LogP contribution in [0.4, 0.5) is 0 Å². The van der Waals surface area contributed by atoms with Gasteiger partial charge in [0, 0.05) is 0 Å². The maximum atomic E-state index is 3.27. The van der Waals surface area contributed by atoms with Gasteiger partial charge >= 0.3 is 0 Å². The highest BCUT2D eigenvalue weighted by molar-refractivity contribution is 9.42. The van der Waals surface area contributed by atoms with Gasteiger partial charge in [0.25, 0.3) is 0 Å². The molecule has 0 spiro atoms. The molecule has 0 aliphatic heterocycles. The van der Waals surface area contributed by atoms with Crippen molar-refractivity contribution < 1.29 is 0 Å². The van der Waals surface area contributed by atoms with Gasteiger partial charge in [0.15, 0.2) is 0 Å². The average molecular weight is 177 g/mol. The van der Waals surface area contributed by atoms with Gasteiger partial charge in [-0.05, 0) is 6.97 Å². The molecule has 0 saturated heterocycles. The van der Waals surface area contributed by atoms with Gasteiger partial charge in [-0.1, -0.05) is 23.4 Å². The summed E-state index contributed by atoms with van der Waals surface area (Å²) in [6.45, 7) is 0.944. The third-order valence-corrected chi connectivity index (χ3v) is 7.65. The minimum atomic E-state index is 0.944. The van der Waals surface area contributed by atoms with E-state index in [1.54, 1.807) is 0 Å². The Balaban J connectivity index is 1.97. The molecule has 0 aromatic rings. The van der Waals surface area contributed by atoms with Crippen LogP contribution in [0.3, 0.4) is 0 Å². The highest BCUT2D eigenvalue weighted by Gasteiger charge is 1.56. The highest BCUT2D eigenvalue weighted by atomic mass is 79.9. The normalized spacial score (nSPS) is 13.5. The zero-order valence-electron chi connectivity index (χ0n) is 1.96. The highest BCUT2D eigenvalue weighted by Crippen LogP contribution is 2.48. The first kappa shape index (κ1) is 5.77. The Kier molecular flexibility index (Phi) is 6.88. The molecule has 0 nitrogen and oxygen atoms in total. The summed E-state index contributed by atoms with van der Waals surface area (Å²) in [6, 6.07) is 0. The van der Waals surface area contributed by atoms with E-state index in [2.05, 4.69) is 24.4 Å². The second-order valence-electron chi connectivity index (χ2n) is 0.239. The van der Waals surface area contributed by atoms with E-state index in [4.69, 9.17) is 0 Å². The summed E-state index contributed by atoms with van der Waals surface area (Å²) >= 11 is 3.27. The molecule has 0 aromatic carbocycles. The lowest BCUT2D eigenvalue weighted by atomic mass is 29.6. The lowest BCUT2D eigenvalue weighted by molar-refractivity contribution is 5.43. The predicted octanol–water partition coefficient (Wildman–Crippen LogP) is 2.36. The molecule has 0 bridgehead atoms.